The summed E-state index contributed by atoms with van der Waals surface area (Å²) in [4.78, 5) is 15.2. The summed E-state index contributed by atoms with van der Waals surface area (Å²) < 4.78 is 2.46. The lowest BCUT2D eigenvalue weighted by atomic mass is 9.82. The summed E-state index contributed by atoms with van der Waals surface area (Å²) in [5.41, 5.74) is 11.5. The van der Waals surface area contributed by atoms with E-state index in [1.54, 1.807) is 0 Å². The third-order valence-corrected chi connectivity index (χ3v) is 11.4. The normalized spacial score (nSPS) is 13.1. The Morgan fingerprint density at radius 1 is 0.407 bits per heavy atom. The minimum absolute atomic E-state index is 0.166. The summed E-state index contributed by atoms with van der Waals surface area (Å²) in [6.45, 7) is 4.74. The molecular weight excluding hydrogens is 657 g/mol. The highest BCUT2D eigenvalue weighted by Crippen LogP contribution is 2.53. The van der Waals surface area contributed by atoms with Crippen LogP contribution >= 0.6 is 0 Å². The summed E-state index contributed by atoms with van der Waals surface area (Å²) in [6.07, 6.45) is 0. The molecule has 4 heteroatoms. The molecule has 0 unspecified atom stereocenters. The van der Waals surface area contributed by atoms with Gasteiger partial charge in [-0.15, -0.1) is 0 Å². The number of rotatable bonds is 4. The zero-order valence-corrected chi connectivity index (χ0v) is 30.0. The van der Waals surface area contributed by atoms with Gasteiger partial charge in [0.15, 0.2) is 17.5 Å². The molecule has 0 N–H and O–H groups in total. The number of aromatic nitrogens is 4. The highest BCUT2D eigenvalue weighted by atomic mass is 15.0. The Morgan fingerprint density at radius 3 is 1.69 bits per heavy atom. The van der Waals surface area contributed by atoms with Gasteiger partial charge in [-0.25, -0.2) is 15.0 Å². The van der Waals surface area contributed by atoms with Gasteiger partial charge in [0.1, 0.15) is 0 Å². The first kappa shape index (κ1) is 30.7. The third kappa shape index (κ3) is 4.53. The Morgan fingerprint density at radius 2 is 0.981 bits per heavy atom. The van der Waals surface area contributed by atoms with Gasteiger partial charge in [0, 0.05) is 38.3 Å². The van der Waals surface area contributed by atoms with Crippen molar-refractivity contribution in [2.45, 2.75) is 19.3 Å². The van der Waals surface area contributed by atoms with Crippen molar-refractivity contribution in [3.8, 4) is 51.0 Å². The van der Waals surface area contributed by atoms with Gasteiger partial charge in [-0.1, -0.05) is 153 Å². The molecule has 10 aromatic rings. The van der Waals surface area contributed by atoms with Crippen LogP contribution in [-0.4, -0.2) is 19.5 Å². The van der Waals surface area contributed by atoms with E-state index in [9.17, 15) is 0 Å². The minimum Gasteiger partial charge on any atom is -0.309 e. The first-order valence-corrected chi connectivity index (χ1v) is 18.5. The van der Waals surface area contributed by atoms with Gasteiger partial charge < -0.3 is 4.57 Å². The van der Waals surface area contributed by atoms with Crippen molar-refractivity contribution in [1.29, 1.82) is 0 Å². The Hall–Kier alpha value is -6.91. The van der Waals surface area contributed by atoms with Gasteiger partial charge in [0.25, 0.3) is 0 Å². The van der Waals surface area contributed by atoms with Crippen LogP contribution in [0.2, 0.25) is 0 Å². The zero-order valence-electron chi connectivity index (χ0n) is 30.0. The lowest BCUT2D eigenvalue weighted by Gasteiger charge is -2.22. The van der Waals surface area contributed by atoms with Crippen LogP contribution in [-0.2, 0) is 5.41 Å². The summed E-state index contributed by atoms with van der Waals surface area (Å²) in [5.74, 6) is 1.94. The SMILES string of the molecule is CC1(C)c2cc3c(cc2-c2c1ccc1ccccc21)c1ccccc1n3-c1cc(-c2nc(-c3ccccc3)nc(-c3ccccc3)n2)cc2ccccc12. The molecule has 2 aromatic heterocycles. The van der Waals surface area contributed by atoms with E-state index in [2.05, 4.69) is 152 Å². The van der Waals surface area contributed by atoms with Gasteiger partial charge in [-0.3, -0.25) is 0 Å². The van der Waals surface area contributed by atoms with Crippen LogP contribution in [0, 0.1) is 0 Å². The van der Waals surface area contributed by atoms with Crippen LogP contribution in [0.15, 0.2) is 170 Å². The first-order chi connectivity index (χ1) is 26.5. The van der Waals surface area contributed by atoms with E-state index in [0.29, 0.717) is 17.5 Å². The average Bonchev–Trinajstić information content (AvgIpc) is 3.67. The number of benzene rings is 8. The van der Waals surface area contributed by atoms with E-state index in [0.717, 1.165) is 27.8 Å². The van der Waals surface area contributed by atoms with Gasteiger partial charge in [0.05, 0.1) is 16.7 Å². The fourth-order valence-electron chi connectivity index (χ4n) is 8.77. The van der Waals surface area contributed by atoms with Crippen molar-refractivity contribution >= 4 is 43.4 Å². The van der Waals surface area contributed by atoms with Crippen LogP contribution in [0.25, 0.3) is 94.3 Å². The monoisotopic (exact) mass is 690 g/mol. The predicted molar refractivity (Wildman–Crippen MR) is 223 cm³/mol. The number of para-hydroxylation sites is 1. The minimum atomic E-state index is -0.166. The molecule has 54 heavy (non-hydrogen) atoms. The zero-order chi connectivity index (χ0) is 36.0. The van der Waals surface area contributed by atoms with E-state index >= 15 is 0 Å². The Kier molecular flexibility index (Phi) is 6.56. The largest absolute Gasteiger partial charge is 0.309 e. The fourth-order valence-corrected chi connectivity index (χ4v) is 8.77. The van der Waals surface area contributed by atoms with Crippen molar-refractivity contribution in [2.75, 3.05) is 0 Å². The smallest absolute Gasteiger partial charge is 0.164 e. The molecule has 254 valence electrons. The summed E-state index contributed by atoms with van der Waals surface area (Å²) >= 11 is 0. The molecule has 0 saturated heterocycles. The highest BCUT2D eigenvalue weighted by Gasteiger charge is 2.37. The molecule has 8 aromatic carbocycles. The fraction of sp³-hybridized carbons (Fsp3) is 0.0600. The molecule has 4 nitrogen and oxygen atoms in total. The molecule has 0 bridgehead atoms. The maximum atomic E-state index is 5.14. The molecule has 0 aliphatic heterocycles. The van der Waals surface area contributed by atoms with Gasteiger partial charge in [0.2, 0.25) is 0 Å². The molecule has 0 atom stereocenters. The maximum Gasteiger partial charge on any atom is 0.164 e. The number of nitrogens with zero attached hydrogens (tertiary/aromatic N) is 4. The summed E-state index contributed by atoms with van der Waals surface area (Å²) in [7, 11) is 0. The molecule has 1 aliphatic carbocycles. The Bertz CT molecular complexity index is 3060. The average molecular weight is 691 g/mol. The Labute approximate surface area is 313 Å². The van der Waals surface area contributed by atoms with Crippen LogP contribution < -0.4 is 0 Å². The molecule has 0 spiro atoms. The maximum absolute atomic E-state index is 5.14. The van der Waals surface area contributed by atoms with Crippen LogP contribution in [0.3, 0.4) is 0 Å². The van der Waals surface area contributed by atoms with E-state index in [1.165, 1.54) is 60.2 Å². The molecule has 0 radical (unpaired) electrons. The van der Waals surface area contributed by atoms with Crippen LogP contribution in [0.5, 0.6) is 0 Å². The third-order valence-electron chi connectivity index (χ3n) is 11.4. The number of fused-ring (bicyclic) bond motifs is 9. The predicted octanol–water partition coefficient (Wildman–Crippen LogP) is 12.6. The summed E-state index contributed by atoms with van der Waals surface area (Å²) in [6, 6.07) is 60.6. The quantitative estimate of drug-likeness (QED) is 0.185. The molecule has 2 heterocycles. The van der Waals surface area contributed by atoms with Crippen molar-refractivity contribution in [3.05, 3.63) is 181 Å². The second-order valence-corrected chi connectivity index (χ2v) is 14.9. The molecule has 1 aliphatic rings. The van der Waals surface area contributed by atoms with Gasteiger partial charge in [-0.2, -0.15) is 0 Å². The van der Waals surface area contributed by atoms with Crippen LogP contribution in [0.4, 0.5) is 0 Å². The second-order valence-electron chi connectivity index (χ2n) is 14.9. The molecule has 0 fully saturated rings. The molecular formula is C50H34N4. The van der Waals surface area contributed by atoms with Gasteiger partial charge in [-0.05, 0) is 68.7 Å². The summed E-state index contributed by atoms with van der Waals surface area (Å²) in [5, 5.41) is 7.35. The number of hydrogen-bond acceptors (Lipinski definition) is 3. The van der Waals surface area contributed by atoms with Crippen molar-refractivity contribution < 1.29 is 0 Å². The van der Waals surface area contributed by atoms with Crippen LogP contribution in [0.1, 0.15) is 25.0 Å². The standard InChI is InChI=1S/C50H34N4/c1-50(2)41-26-25-31-15-9-12-22-37(31)46(41)40-29-39-38-23-13-14-24-43(38)54(45(39)30-42(40)50)44-28-35(27-34-20-10-11-21-36(34)44)49-52-47(32-16-5-3-6-17-32)51-48(53-49)33-18-7-4-8-19-33/h3-30H,1-2H3. The lowest BCUT2D eigenvalue weighted by molar-refractivity contribution is 0.661. The first-order valence-electron chi connectivity index (χ1n) is 18.5. The highest BCUT2D eigenvalue weighted by molar-refractivity contribution is 6.14. The molecule has 0 saturated carbocycles. The lowest BCUT2D eigenvalue weighted by Crippen LogP contribution is -2.15. The molecule has 11 rings (SSSR count). The van der Waals surface area contributed by atoms with E-state index in [4.69, 9.17) is 15.0 Å². The van der Waals surface area contributed by atoms with E-state index in [-0.39, 0.29) is 5.41 Å². The van der Waals surface area contributed by atoms with Crippen molar-refractivity contribution in [1.82, 2.24) is 19.5 Å². The van der Waals surface area contributed by atoms with E-state index < -0.39 is 0 Å². The van der Waals surface area contributed by atoms with E-state index in [1.807, 2.05) is 36.4 Å². The number of hydrogen-bond donors (Lipinski definition) is 0. The molecule has 0 amide bonds. The second kappa shape index (κ2) is 11.5. The topological polar surface area (TPSA) is 43.6 Å². The Balaban J connectivity index is 1.20. The van der Waals surface area contributed by atoms with Crippen molar-refractivity contribution in [2.24, 2.45) is 0 Å². The van der Waals surface area contributed by atoms with Gasteiger partial charge >= 0.3 is 0 Å². The van der Waals surface area contributed by atoms with Crippen molar-refractivity contribution in [3.63, 3.8) is 0 Å².